The molecule has 0 aliphatic carbocycles. The Morgan fingerprint density at radius 1 is 0.389 bits per heavy atom. The fourth-order valence-electron chi connectivity index (χ4n) is 9.70. The van der Waals surface area contributed by atoms with Gasteiger partial charge >= 0.3 is 5.97 Å². The minimum atomic E-state index is -0.665. The Hall–Kier alpha value is -2.18. The average Bonchev–Trinajstić information content (AvgIpc) is 3.38. The van der Waals surface area contributed by atoms with Crippen LogP contribution >= 0.6 is 0 Å². The molecule has 0 heterocycles. The first kappa shape index (κ1) is 69.8. The van der Waals surface area contributed by atoms with Gasteiger partial charge in [0, 0.05) is 12.8 Å². The van der Waals surface area contributed by atoms with Crippen LogP contribution in [-0.2, 0) is 14.3 Å². The van der Waals surface area contributed by atoms with Crippen LogP contribution in [0.2, 0.25) is 0 Å². The van der Waals surface area contributed by atoms with E-state index in [0.717, 1.165) is 57.8 Å². The first-order valence-corrected chi connectivity index (χ1v) is 31.9. The van der Waals surface area contributed by atoms with Gasteiger partial charge in [-0.05, 0) is 89.9 Å². The molecule has 0 radical (unpaired) electrons. The molecule has 72 heavy (non-hydrogen) atoms. The van der Waals surface area contributed by atoms with Crippen molar-refractivity contribution in [3.05, 3.63) is 48.6 Å². The lowest BCUT2D eigenvalue weighted by Gasteiger charge is -2.22. The Balaban J connectivity index is 3.40. The number of unbranched alkanes of at least 4 members (excludes halogenated alkanes) is 40. The molecule has 6 heteroatoms. The zero-order valence-electron chi connectivity index (χ0n) is 48.2. The topological polar surface area (TPSA) is 95.9 Å². The number of aliphatic hydroxyl groups is 2. The van der Waals surface area contributed by atoms with E-state index in [2.05, 4.69) is 67.8 Å². The molecule has 0 aromatic carbocycles. The summed E-state index contributed by atoms with van der Waals surface area (Å²) in [5.74, 6) is -0.0364. The molecule has 0 saturated carbocycles. The van der Waals surface area contributed by atoms with Crippen LogP contribution in [0.4, 0.5) is 0 Å². The van der Waals surface area contributed by atoms with Crippen molar-refractivity contribution in [2.75, 3.05) is 13.2 Å². The summed E-state index contributed by atoms with van der Waals surface area (Å²) in [5, 5.41) is 23.2. The van der Waals surface area contributed by atoms with Gasteiger partial charge in [-0.3, -0.25) is 9.59 Å². The number of ether oxygens (including phenoxy) is 1. The lowest BCUT2D eigenvalue weighted by Crippen LogP contribution is -2.45. The van der Waals surface area contributed by atoms with Gasteiger partial charge in [0.2, 0.25) is 5.91 Å². The van der Waals surface area contributed by atoms with Crippen LogP contribution in [0, 0.1) is 0 Å². The minimum absolute atomic E-state index is 0.00261. The number of esters is 1. The Morgan fingerprint density at radius 3 is 1.08 bits per heavy atom. The van der Waals surface area contributed by atoms with E-state index in [0.29, 0.717) is 25.9 Å². The average molecular weight is 1010 g/mol. The van der Waals surface area contributed by atoms with Gasteiger partial charge in [-0.15, -0.1) is 0 Å². The van der Waals surface area contributed by atoms with Crippen molar-refractivity contribution >= 4 is 11.9 Å². The van der Waals surface area contributed by atoms with E-state index in [4.69, 9.17) is 4.74 Å². The summed E-state index contributed by atoms with van der Waals surface area (Å²) in [4.78, 5) is 24.5. The van der Waals surface area contributed by atoms with Crippen molar-refractivity contribution in [1.82, 2.24) is 5.32 Å². The molecular formula is C66H123NO5. The normalized spacial score (nSPS) is 12.9. The maximum atomic E-state index is 12.4. The summed E-state index contributed by atoms with van der Waals surface area (Å²) in [5.41, 5.74) is 0. The molecule has 3 N–H and O–H groups in total. The van der Waals surface area contributed by atoms with Crippen LogP contribution in [0.15, 0.2) is 48.6 Å². The maximum Gasteiger partial charge on any atom is 0.305 e. The number of rotatable bonds is 59. The molecule has 1 amide bonds. The summed E-state index contributed by atoms with van der Waals surface area (Å²) in [6.07, 6.45) is 78.5. The molecule has 6 nitrogen and oxygen atoms in total. The third-order valence-electron chi connectivity index (χ3n) is 14.6. The van der Waals surface area contributed by atoms with Crippen LogP contribution in [0.3, 0.4) is 0 Å². The van der Waals surface area contributed by atoms with Crippen molar-refractivity contribution in [3.63, 3.8) is 0 Å². The first-order valence-electron chi connectivity index (χ1n) is 31.9. The molecule has 0 saturated heterocycles. The van der Waals surface area contributed by atoms with Crippen LogP contribution in [-0.4, -0.2) is 47.4 Å². The molecule has 0 aliphatic rings. The number of carbonyl (C=O) groups excluding carboxylic acids is 2. The van der Waals surface area contributed by atoms with Gasteiger partial charge in [0.1, 0.15) is 0 Å². The zero-order chi connectivity index (χ0) is 52.2. The highest BCUT2D eigenvalue weighted by atomic mass is 16.5. The highest BCUT2D eigenvalue weighted by Gasteiger charge is 2.20. The summed E-state index contributed by atoms with van der Waals surface area (Å²) in [6, 6.07) is -0.543. The Morgan fingerprint density at radius 2 is 0.694 bits per heavy atom. The second kappa shape index (κ2) is 61.4. The highest BCUT2D eigenvalue weighted by molar-refractivity contribution is 5.76. The predicted molar refractivity (Wildman–Crippen MR) is 315 cm³/mol. The van der Waals surface area contributed by atoms with Gasteiger partial charge in [0.05, 0.1) is 25.4 Å². The lowest BCUT2D eigenvalue weighted by atomic mass is 10.0. The van der Waals surface area contributed by atoms with Crippen LogP contribution in [0.5, 0.6) is 0 Å². The lowest BCUT2D eigenvalue weighted by molar-refractivity contribution is -0.143. The smallest absolute Gasteiger partial charge is 0.305 e. The summed E-state index contributed by atoms with van der Waals surface area (Å²) in [6.45, 7) is 4.92. The molecule has 0 bridgehead atoms. The van der Waals surface area contributed by atoms with Gasteiger partial charge in [-0.1, -0.05) is 281 Å². The van der Waals surface area contributed by atoms with Gasteiger partial charge in [0.15, 0.2) is 0 Å². The molecule has 2 unspecified atom stereocenters. The van der Waals surface area contributed by atoms with Crippen molar-refractivity contribution in [2.24, 2.45) is 0 Å². The second-order valence-corrected chi connectivity index (χ2v) is 21.7. The molecular weight excluding hydrogens is 887 g/mol. The number of hydrogen-bond donors (Lipinski definition) is 3. The van der Waals surface area contributed by atoms with E-state index in [-0.39, 0.29) is 18.5 Å². The first-order chi connectivity index (χ1) is 35.5. The third kappa shape index (κ3) is 57.1. The van der Waals surface area contributed by atoms with Crippen molar-refractivity contribution in [3.8, 4) is 0 Å². The SMILES string of the molecule is CCCCC/C=C\C/C=C\CCCCCCCCCC(=O)OCCCCCCCCCCC/C=C\C/C=C\CCCCCCCCCCCCCC(=O)NC(CO)C(O)CCCCCCCCCCCCC. The number of amides is 1. The molecule has 0 aromatic rings. The summed E-state index contributed by atoms with van der Waals surface area (Å²) in [7, 11) is 0. The molecule has 0 fully saturated rings. The largest absolute Gasteiger partial charge is 0.466 e. The van der Waals surface area contributed by atoms with E-state index < -0.39 is 12.1 Å². The van der Waals surface area contributed by atoms with Crippen LogP contribution in [0.25, 0.3) is 0 Å². The van der Waals surface area contributed by atoms with Crippen molar-refractivity contribution in [2.45, 2.75) is 347 Å². The van der Waals surface area contributed by atoms with E-state index in [9.17, 15) is 19.8 Å². The van der Waals surface area contributed by atoms with Gasteiger partial charge in [-0.2, -0.15) is 0 Å². The van der Waals surface area contributed by atoms with Gasteiger partial charge < -0.3 is 20.3 Å². The van der Waals surface area contributed by atoms with Crippen molar-refractivity contribution < 1.29 is 24.5 Å². The Bertz CT molecular complexity index is 1210. The molecule has 0 aromatic heterocycles. The third-order valence-corrected chi connectivity index (χ3v) is 14.6. The number of aliphatic hydroxyl groups excluding tert-OH is 2. The number of hydrogen-bond acceptors (Lipinski definition) is 5. The Labute approximate surface area is 448 Å². The maximum absolute atomic E-state index is 12.4. The molecule has 422 valence electrons. The van der Waals surface area contributed by atoms with E-state index in [1.165, 1.54) is 244 Å². The second-order valence-electron chi connectivity index (χ2n) is 21.7. The van der Waals surface area contributed by atoms with Crippen LogP contribution < -0.4 is 5.32 Å². The number of carbonyl (C=O) groups is 2. The molecule has 0 rings (SSSR count). The van der Waals surface area contributed by atoms with E-state index in [1.807, 2.05) is 0 Å². The van der Waals surface area contributed by atoms with E-state index >= 15 is 0 Å². The molecule has 0 spiro atoms. The van der Waals surface area contributed by atoms with E-state index in [1.54, 1.807) is 0 Å². The van der Waals surface area contributed by atoms with Gasteiger partial charge in [0.25, 0.3) is 0 Å². The number of allylic oxidation sites excluding steroid dienone is 8. The van der Waals surface area contributed by atoms with Gasteiger partial charge in [-0.25, -0.2) is 0 Å². The Kier molecular flexibility index (Phi) is 59.5. The quantitative estimate of drug-likeness (QED) is 0.0320. The fourth-order valence-corrected chi connectivity index (χ4v) is 9.70. The zero-order valence-corrected chi connectivity index (χ0v) is 48.2. The summed E-state index contributed by atoms with van der Waals surface area (Å²) < 4.78 is 5.49. The highest BCUT2D eigenvalue weighted by Crippen LogP contribution is 2.17. The number of nitrogens with one attached hydrogen (secondary N) is 1. The fraction of sp³-hybridized carbons (Fsp3) is 0.848. The summed E-state index contributed by atoms with van der Waals surface area (Å²) >= 11 is 0. The van der Waals surface area contributed by atoms with Crippen molar-refractivity contribution in [1.29, 1.82) is 0 Å². The monoisotopic (exact) mass is 1010 g/mol. The predicted octanol–water partition coefficient (Wildman–Crippen LogP) is 20.1. The standard InChI is InChI=1S/C66H123NO5/c1-3-5-7-9-11-13-15-16-17-29-33-36-40-44-48-52-56-60-66(71)72-61-57-53-49-45-41-37-34-31-28-26-24-22-20-18-19-21-23-25-27-30-32-35-39-43-47-51-55-59-65(70)67-63(62-68)64(69)58-54-50-46-42-38-14-12-10-8-6-4-2/h11,13,16-19,22,24,63-64,68-69H,3-10,12,14-15,20-21,23,25-62H2,1-2H3,(H,67,70)/b13-11-,17-16-,19-18-,24-22-. The minimum Gasteiger partial charge on any atom is -0.466 e. The van der Waals surface area contributed by atoms with Crippen LogP contribution in [0.1, 0.15) is 335 Å². The molecule has 2 atom stereocenters. The molecule has 0 aliphatic heterocycles.